The highest BCUT2D eigenvalue weighted by Crippen LogP contribution is 2.17. The summed E-state index contributed by atoms with van der Waals surface area (Å²) in [6.07, 6.45) is 1.70. The van der Waals surface area contributed by atoms with E-state index in [0.717, 1.165) is 43.2 Å². The third-order valence-corrected chi connectivity index (χ3v) is 4.60. The Morgan fingerprint density at radius 3 is 2.59 bits per heavy atom. The molecule has 0 unspecified atom stereocenters. The Morgan fingerprint density at radius 1 is 1.27 bits per heavy atom. The van der Waals surface area contributed by atoms with Crippen LogP contribution in [0.5, 0.6) is 0 Å². The smallest absolute Gasteiger partial charge is 0.222 e. The summed E-state index contributed by atoms with van der Waals surface area (Å²) in [5.74, 6) is 0.190. The number of rotatable bonds is 6. The molecule has 122 valence electrons. The quantitative estimate of drug-likeness (QED) is 0.872. The first kappa shape index (κ1) is 17.3. The van der Waals surface area contributed by atoms with Gasteiger partial charge in [0.2, 0.25) is 5.91 Å². The van der Waals surface area contributed by atoms with Gasteiger partial charge in [-0.15, -0.1) is 0 Å². The van der Waals surface area contributed by atoms with Crippen LogP contribution >= 0.6 is 11.6 Å². The molecule has 0 aliphatic carbocycles. The first-order valence-corrected chi connectivity index (χ1v) is 8.39. The van der Waals surface area contributed by atoms with Crippen LogP contribution in [-0.2, 0) is 11.2 Å². The van der Waals surface area contributed by atoms with Gasteiger partial charge in [0, 0.05) is 44.2 Å². The Bertz CT molecular complexity index is 487. The lowest BCUT2D eigenvalue weighted by atomic mass is 10.1. The molecule has 22 heavy (non-hydrogen) atoms. The van der Waals surface area contributed by atoms with Crippen LogP contribution in [0.4, 0.5) is 0 Å². The van der Waals surface area contributed by atoms with Crippen molar-refractivity contribution in [3.63, 3.8) is 0 Å². The predicted octanol–water partition coefficient (Wildman–Crippen LogP) is 2.19. The number of carbonyl (C=O) groups excluding carboxylic acids is 1. The van der Waals surface area contributed by atoms with Gasteiger partial charge < -0.3 is 10.0 Å². The van der Waals surface area contributed by atoms with Gasteiger partial charge in [-0.25, -0.2) is 0 Å². The molecule has 1 atom stereocenters. The van der Waals surface area contributed by atoms with Gasteiger partial charge in [0.1, 0.15) is 0 Å². The molecule has 1 fully saturated rings. The molecule has 5 heteroatoms. The van der Waals surface area contributed by atoms with Crippen molar-refractivity contribution in [1.29, 1.82) is 0 Å². The van der Waals surface area contributed by atoms with Crippen LogP contribution in [0, 0.1) is 0 Å². The summed E-state index contributed by atoms with van der Waals surface area (Å²) in [4.78, 5) is 16.4. The Morgan fingerprint density at radius 2 is 1.95 bits per heavy atom. The number of hydrogen-bond acceptors (Lipinski definition) is 3. The number of amides is 1. The second-order valence-corrected chi connectivity index (χ2v) is 6.24. The number of benzene rings is 1. The third kappa shape index (κ3) is 4.97. The van der Waals surface area contributed by atoms with Crippen molar-refractivity contribution >= 4 is 17.5 Å². The van der Waals surface area contributed by atoms with Crippen LogP contribution < -0.4 is 0 Å². The number of aliphatic hydroxyl groups is 1. The number of halogens is 1. The number of nitrogens with zero attached hydrogens (tertiary/aromatic N) is 2. The summed E-state index contributed by atoms with van der Waals surface area (Å²) in [5, 5.41) is 10.4. The van der Waals surface area contributed by atoms with E-state index >= 15 is 0 Å². The maximum atomic E-state index is 12.3. The van der Waals surface area contributed by atoms with Gasteiger partial charge in [-0.1, -0.05) is 36.7 Å². The minimum Gasteiger partial charge on any atom is -0.392 e. The summed E-state index contributed by atoms with van der Waals surface area (Å²) in [5.41, 5.74) is 1.03. The SMILES string of the molecule is CC[C@@H](O)CN1CCN(C(=O)CCc2ccccc2Cl)CC1. The van der Waals surface area contributed by atoms with E-state index in [1.165, 1.54) is 0 Å². The highest BCUT2D eigenvalue weighted by atomic mass is 35.5. The van der Waals surface area contributed by atoms with Crippen molar-refractivity contribution in [1.82, 2.24) is 9.80 Å². The maximum Gasteiger partial charge on any atom is 0.222 e. The summed E-state index contributed by atoms with van der Waals surface area (Å²) in [7, 11) is 0. The number of hydrogen-bond donors (Lipinski definition) is 1. The average molecular weight is 325 g/mol. The molecule has 0 bridgehead atoms. The summed E-state index contributed by atoms with van der Waals surface area (Å²) < 4.78 is 0. The fraction of sp³-hybridized carbons (Fsp3) is 0.588. The molecule has 0 spiro atoms. The maximum absolute atomic E-state index is 12.3. The number of β-amino-alcohol motifs (C(OH)–C–C–N with tert-alkyl or cyclic N) is 1. The van der Waals surface area contributed by atoms with E-state index in [4.69, 9.17) is 11.6 Å². The standard InChI is InChI=1S/C17H25ClN2O2/c1-2-15(21)13-19-9-11-20(12-10-19)17(22)8-7-14-5-3-4-6-16(14)18/h3-6,15,21H,2,7-13H2,1H3/t15-/m1/s1. The van der Waals surface area contributed by atoms with Gasteiger partial charge in [-0.3, -0.25) is 9.69 Å². The fourth-order valence-corrected chi connectivity index (χ4v) is 2.94. The van der Waals surface area contributed by atoms with Gasteiger partial charge >= 0.3 is 0 Å². The Hall–Kier alpha value is -1.10. The van der Waals surface area contributed by atoms with Crippen LogP contribution in [0.1, 0.15) is 25.3 Å². The lowest BCUT2D eigenvalue weighted by Gasteiger charge is -2.35. The summed E-state index contributed by atoms with van der Waals surface area (Å²) in [6.45, 7) is 5.87. The molecule has 4 nitrogen and oxygen atoms in total. The zero-order valence-electron chi connectivity index (χ0n) is 13.2. The van der Waals surface area contributed by atoms with E-state index in [2.05, 4.69) is 4.90 Å². The highest BCUT2D eigenvalue weighted by Gasteiger charge is 2.22. The van der Waals surface area contributed by atoms with Gasteiger partial charge in [-0.05, 0) is 24.5 Å². The molecule has 0 saturated carbocycles. The lowest BCUT2D eigenvalue weighted by Crippen LogP contribution is -2.50. The minimum atomic E-state index is -0.262. The second kappa shape index (κ2) is 8.51. The zero-order chi connectivity index (χ0) is 15.9. The molecule has 1 aromatic carbocycles. The average Bonchev–Trinajstić information content (AvgIpc) is 2.54. The van der Waals surface area contributed by atoms with Crippen LogP contribution in [-0.4, -0.2) is 59.6 Å². The number of aliphatic hydroxyl groups excluding tert-OH is 1. The monoisotopic (exact) mass is 324 g/mol. The van der Waals surface area contributed by atoms with Crippen molar-refractivity contribution in [3.05, 3.63) is 34.9 Å². The van der Waals surface area contributed by atoms with Crippen LogP contribution in [0.25, 0.3) is 0 Å². The summed E-state index contributed by atoms with van der Waals surface area (Å²) >= 11 is 6.12. The van der Waals surface area contributed by atoms with E-state index in [1.807, 2.05) is 36.1 Å². The highest BCUT2D eigenvalue weighted by molar-refractivity contribution is 6.31. The Balaban J connectivity index is 1.74. The molecule has 0 aromatic heterocycles. The molecule has 1 heterocycles. The normalized spacial score (nSPS) is 17.5. The molecule has 1 aliphatic heterocycles. The third-order valence-electron chi connectivity index (χ3n) is 4.23. The van der Waals surface area contributed by atoms with E-state index in [1.54, 1.807) is 0 Å². The molecule has 2 rings (SSSR count). The molecular weight excluding hydrogens is 300 g/mol. The van der Waals surface area contributed by atoms with Crippen LogP contribution in [0.15, 0.2) is 24.3 Å². The van der Waals surface area contributed by atoms with Crippen molar-refractivity contribution in [2.24, 2.45) is 0 Å². The Kier molecular flexibility index (Phi) is 6.68. The molecule has 1 saturated heterocycles. The van der Waals surface area contributed by atoms with Crippen molar-refractivity contribution in [3.8, 4) is 0 Å². The van der Waals surface area contributed by atoms with Crippen molar-refractivity contribution in [2.45, 2.75) is 32.3 Å². The van der Waals surface area contributed by atoms with Gasteiger partial charge in [0.15, 0.2) is 0 Å². The number of carbonyl (C=O) groups is 1. The number of piperazine rings is 1. The largest absolute Gasteiger partial charge is 0.392 e. The molecule has 1 aromatic rings. The molecule has 1 aliphatic rings. The second-order valence-electron chi connectivity index (χ2n) is 5.83. The van der Waals surface area contributed by atoms with E-state index in [9.17, 15) is 9.90 Å². The molecule has 0 radical (unpaired) electrons. The van der Waals surface area contributed by atoms with Gasteiger partial charge in [0.05, 0.1) is 6.10 Å². The predicted molar refractivity (Wildman–Crippen MR) is 89.1 cm³/mol. The van der Waals surface area contributed by atoms with Gasteiger partial charge in [-0.2, -0.15) is 0 Å². The first-order valence-electron chi connectivity index (χ1n) is 8.01. The van der Waals surface area contributed by atoms with Gasteiger partial charge in [0.25, 0.3) is 0 Å². The molecular formula is C17H25ClN2O2. The fourth-order valence-electron chi connectivity index (χ4n) is 2.71. The Labute approximate surface area is 137 Å². The van der Waals surface area contributed by atoms with E-state index in [-0.39, 0.29) is 12.0 Å². The van der Waals surface area contributed by atoms with E-state index in [0.29, 0.717) is 19.4 Å². The minimum absolute atomic E-state index is 0.190. The molecule has 1 amide bonds. The first-order chi connectivity index (χ1) is 10.6. The summed E-state index contributed by atoms with van der Waals surface area (Å²) in [6, 6.07) is 7.68. The van der Waals surface area contributed by atoms with E-state index < -0.39 is 0 Å². The topological polar surface area (TPSA) is 43.8 Å². The lowest BCUT2D eigenvalue weighted by molar-refractivity contribution is -0.133. The number of aryl methyl sites for hydroxylation is 1. The molecule has 1 N–H and O–H groups in total. The van der Waals surface area contributed by atoms with Crippen LogP contribution in [0.3, 0.4) is 0 Å². The van der Waals surface area contributed by atoms with Crippen LogP contribution in [0.2, 0.25) is 5.02 Å². The van der Waals surface area contributed by atoms with Crippen molar-refractivity contribution < 1.29 is 9.90 Å². The van der Waals surface area contributed by atoms with Crippen molar-refractivity contribution in [2.75, 3.05) is 32.7 Å². The zero-order valence-corrected chi connectivity index (χ0v) is 13.9.